The second-order valence-corrected chi connectivity index (χ2v) is 11.2. The van der Waals surface area contributed by atoms with Crippen LogP contribution in [0.2, 0.25) is 5.02 Å². The van der Waals surface area contributed by atoms with E-state index >= 15 is 0 Å². The second kappa shape index (κ2) is 12.0. The smallest absolute Gasteiger partial charge is 0.301 e. The molecule has 7 nitrogen and oxygen atoms in total. The molecule has 5 rings (SSSR count). The van der Waals surface area contributed by atoms with Crippen LogP contribution in [0.4, 0.5) is 9.52 Å². The molecule has 1 amide bonds. The minimum Gasteiger partial charge on any atom is -0.507 e. The second-order valence-electron chi connectivity index (χ2n) is 8.58. The molecule has 0 spiro atoms. The van der Waals surface area contributed by atoms with E-state index in [2.05, 4.69) is 16.8 Å². The van der Waals surface area contributed by atoms with Gasteiger partial charge in [0.15, 0.2) is 4.34 Å². The van der Waals surface area contributed by atoms with Gasteiger partial charge in [0.05, 0.1) is 11.6 Å². The van der Waals surface area contributed by atoms with Crippen molar-refractivity contribution in [1.82, 2.24) is 10.2 Å². The summed E-state index contributed by atoms with van der Waals surface area (Å²) in [5.74, 6) is -1.50. The Morgan fingerprint density at radius 3 is 2.52 bits per heavy atom. The lowest BCUT2D eigenvalue weighted by Gasteiger charge is -2.22. The number of amides is 1. The van der Waals surface area contributed by atoms with Gasteiger partial charge in [-0.1, -0.05) is 77.7 Å². The summed E-state index contributed by atoms with van der Waals surface area (Å²) in [4.78, 5) is 28.0. The highest BCUT2D eigenvalue weighted by Crippen LogP contribution is 2.44. The highest BCUT2D eigenvalue weighted by atomic mass is 35.5. The molecule has 1 unspecified atom stereocenters. The van der Waals surface area contributed by atoms with Gasteiger partial charge in [0, 0.05) is 16.3 Å². The Bertz CT molecular complexity index is 1610. The SMILES string of the molecule is C=CCOc1ccc(C2/C(=C(/O)c3ccc(Cl)cc3)C(=O)C(=O)N2c2nnc(SCc3ccccc3F)s2)cc1. The average Bonchev–Trinajstić information content (AvgIpc) is 3.53. The highest BCUT2D eigenvalue weighted by Gasteiger charge is 2.48. The molecular weight excluding hydrogens is 573 g/mol. The predicted molar refractivity (Wildman–Crippen MR) is 154 cm³/mol. The Balaban J connectivity index is 1.53. The molecule has 1 fully saturated rings. The molecule has 11 heteroatoms. The quantitative estimate of drug-likeness (QED) is 0.0569. The molecule has 0 saturated carbocycles. The fourth-order valence-corrected chi connectivity index (χ4v) is 6.10. The zero-order chi connectivity index (χ0) is 28.2. The summed E-state index contributed by atoms with van der Waals surface area (Å²) in [7, 11) is 0. The van der Waals surface area contributed by atoms with E-state index in [1.807, 2.05) is 0 Å². The summed E-state index contributed by atoms with van der Waals surface area (Å²) in [6.07, 6.45) is 1.62. The van der Waals surface area contributed by atoms with Gasteiger partial charge < -0.3 is 9.84 Å². The van der Waals surface area contributed by atoms with Crippen molar-refractivity contribution >= 4 is 57.3 Å². The molecule has 0 bridgehead atoms. The molecule has 3 aromatic carbocycles. The third kappa shape index (κ3) is 5.65. The fourth-order valence-electron chi connectivity index (χ4n) is 4.12. The maximum absolute atomic E-state index is 14.1. The normalized spacial score (nSPS) is 16.4. The Labute approximate surface area is 242 Å². The summed E-state index contributed by atoms with van der Waals surface area (Å²) in [5, 5.41) is 20.2. The lowest BCUT2D eigenvalue weighted by molar-refractivity contribution is -0.132. The van der Waals surface area contributed by atoms with Crippen molar-refractivity contribution in [3.05, 3.63) is 119 Å². The van der Waals surface area contributed by atoms with Crippen LogP contribution in [0, 0.1) is 5.82 Å². The molecule has 1 aliphatic rings. The number of carbonyl (C=O) groups excluding carboxylic acids is 2. The molecule has 40 heavy (non-hydrogen) atoms. The Kier molecular flexibility index (Phi) is 8.29. The van der Waals surface area contributed by atoms with Crippen molar-refractivity contribution in [3.8, 4) is 5.75 Å². The van der Waals surface area contributed by atoms with E-state index in [1.165, 1.54) is 22.7 Å². The van der Waals surface area contributed by atoms with Gasteiger partial charge in [-0.05, 0) is 53.6 Å². The minimum atomic E-state index is -0.985. The molecular formula is C29H21ClFN3O4S2. The van der Waals surface area contributed by atoms with Crippen molar-refractivity contribution in [2.45, 2.75) is 16.1 Å². The van der Waals surface area contributed by atoms with Crippen molar-refractivity contribution < 1.29 is 23.8 Å². The summed E-state index contributed by atoms with van der Waals surface area (Å²) in [5.41, 5.74) is 1.29. The molecule has 4 aromatic rings. The van der Waals surface area contributed by atoms with Crippen LogP contribution in [-0.2, 0) is 15.3 Å². The number of anilines is 1. The maximum atomic E-state index is 14.1. The molecule has 0 aliphatic carbocycles. The van der Waals surface area contributed by atoms with Crippen molar-refractivity contribution in [2.75, 3.05) is 11.5 Å². The first-order valence-corrected chi connectivity index (χ1v) is 14.2. The third-order valence-corrected chi connectivity index (χ3v) is 8.39. The molecule has 0 radical (unpaired) electrons. The van der Waals surface area contributed by atoms with E-state index in [1.54, 1.807) is 72.8 Å². The van der Waals surface area contributed by atoms with Crippen molar-refractivity contribution in [3.63, 3.8) is 0 Å². The van der Waals surface area contributed by atoms with Crippen LogP contribution in [-0.4, -0.2) is 33.6 Å². The summed E-state index contributed by atoms with van der Waals surface area (Å²) in [6, 6.07) is 18.6. The van der Waals surface area contributed by atoms with Crippen LogP contribution in [0.15, 0.2) is 95.4 Å². The van der Waals surface area contributed by atoms with Crippen molar-refractivity contribution in [1.29, 1.82) is 0 Å². The largest absolute Gasteiger partial charge is 0.507 e. The van der Waals surface area contributed by atoms with E-state index in [4.69, 9.17) is 16.3 Å². The number of carbonyl (C=O) groups is 2. The van der Waals surface area contributed by atoms with Crippen molar-refractivity contribution in [2.24, 2.45) is 0 Å². The first-order valence-electron chi connectivity index (χ1n) is 12.0. The molecule has 1 N–H and O–H groups in total. The number of halogens is 2. The van der Waals surface area contributed by atoms with Gasteiger partial charge in [0.1, 0.15) is 23.9 Å². The van der Waals surface area contributed by atoms with Gasteiger partial charge in [-0.3, -0.25) is 14.5 Å². The summed E-state index contributed by atoms with van der Waals surface area (Å²) < 4.78 is 20.1. The summed E-state index contributed by atoms with van der Waals surface area (Å²) >= 11 is 8.36. The maximum Gasteiger partial charge on any atom is 0.301 e. The predicted octanol–water partition coefficient (Wildman–Crippen LogP) is 6.81. The molecule has 202 valence electrons. The van der Waals surface area contributed by atoms with Gasteiger partial charge >= 0.3 is 5.91 Å². The number of rotatable bonds is 9. The number of aliphatic hydroxyl groups excluding tert-OH is 1. The number of Topliss-reactive ketones (excluding diaryl/α,β-unsaturated/α-hetero) is 1. The van der Waals surface area contributed by atoms with Gasteiger partial charge in [0.25, 0.3) is 5.78 Å². The minimum absolute atomic E-state index is 0.0946. The lowest BCUT2D eigenvalue weighted by atomic mass is 9.95. The zero-order valence-electron chi connectivity index (χ0n) is 20.8. The molecule has 1 saturated heterocycles. The Morgan fingerprint density at radius 2 is 1.82 bits per heavy atom. The topological polar surface area (TPSA) is 92.6 Å². The number of ketones is 1. The number of nitrogens with zero attached hydrogens (tertiary/aromatic N) is 3. The number of hydrogen-bond donors (Lipinski definition) is 1. The van der Waals surface area contributed by atoms with E-state index in [-0.39, 0.29) is 22.3 Å². The van der Waals surface area contributed by atoms with Gasteiger partial charge in [-0.15, -0.1) is 10.2 Å². The van der Waals surface area contributed by atoms with Gasteiger partial charge in [-0.25, -0.2) is 4.39 Å². The Hall–Kier alpha value is -3.99. The monoisotopic (exact) mass is 593 g/mol. The fraction of sp³-hybridized carbons (Fsp3) is 0.103. The van der Waals surface area contributed by atoms with Crippen LogP contribution in [0.5, 0.6) is 5.75 Å². The van der Waals surface area contributed by atoms with E-state index in [0.717, 1.165) is 11.3 Å². The van der Waals surface area contributed by atoms with Crippen LogP contribution in [0.3, 0.4) is 0 Å². The number of thioether (sulfide) groups is 1. The van der Waals surface area contributed by atoms with Gasteiger partial charge in [0.2, 0.25) is 5.13 Å². The molecule has 1 aromatic heterocycles. The highest BCUT2D eigenvalue weighted by molar-refractivity contribution is 8.00. The number of ether oxygens (including phenoxy) is 1. The summed E-state index contributed by atoms with van der Waals surface area (Å²) in [6.45, 7) is 3.95. The number of benzene rings is 3. The van der Waals surface area contributed by atoms with E-state index in [0.29, 0.717) is 44.2 Å². The van der Waals surface area contributed by atoms with Crippen LogP contribution in [0.1, 0.15) is 22.7 Å². The lowest BCUT2D eigenvalue weighted by Crippen LogP contribution is -2.29. The molecule has 1 aliphatic heterocycles. The first kappa shape index (κ1) is 27.6. The van der Waals surface area contributed by atoms with Crippen LogP contribution in [0.25, 0.3) is 5.76 Å². The number of hydrogen-bond acceptors (Lipinski definition) is 8. The van der Waals surface area contributed by atoms with E-state index in [9.17, 15) is 19.1 Å². The first-order chi connectivity index (χ1) is 19.4. The zero-order valence-corrected chi connectivity index (χ0v) is 23.2. The Morgan fingerprint density at radius 1 is 1.10 bits per heavy atom. The van der Waals surface area contributed by atoms with E-state index < -0.39 is 17.7 Å². The number of aromatic nitrogens is 2. The van der Waals surface area contributed by atoms with Crippen LogP contribution >= 0.6 is 34.7 Å². The average molecular weight is 594 g/mol. The van der Waals surface area contributed by atoms with Gasteiger partial charge in [-0.2, -0.15) is 0 Å². The standard InChI is InChI=1S/C29H21ClFN3O4S2/c1-2-15-38-21-13-9-17(10-14-21)24-23(25(35)18-7-11-20(30)12-8-18)26(36)27(37)34(24)28-32-33-29(40-28)39-16-19-5-3-4-6-22(19)31/h2-14,24,35H,1,15-16H2/b25-23-. The molecule has 2 heterocycles. The number of aliphatic hydroxyl groups is 1. The third-order valence-electron chi connectivity index (χ3n) is 6.04. The van der Waals surface area contributed by atoms with Crippen LogP contribution < -0.4 is 9.64 Å². The molecule has 1 atom stereocenters.